The fourth-order valence-electron chi connectivity index (χ4n) is 1.56. The Hall–Kier alpha value is -1.88. The predicted molar refractivity (Wildman–Crippen MR) is 70.9 cm³/mol. The third-order valence-electron chi connectivity index (χ3n) is 2.48. The highest BCUT2D eigenvalue weighted by atomic mass is 16.2. The van der Waals surface area contributed by atoms with E-state index in [1.54, 1.807) is 24.3 Å². The molecule has 1 aromatic carbocycles. The SMILES string of the molecule is CC(N)CCC(=O)Nc1ccccc1CC(N)=O. The molecule has 1 unspecified atom stereocenters. The first-order chi connectivity index (χ1) is 8.49. The Labute approximate surface area is 107 Å². The van der Waals surface area contributed by atoms with E-state index >= 15 is 0 Å². The number of benzene rings is 1. The third kappa shape index (κ3) is 4.97. The standard InChI is InChI=1S/C13H19N3O2/c1-9(14)6-7-13(18)16-11-5-3-2-4-10(11)8-12(15)17/h2-5,9H,6-8,14H2,1H3,(H2,15,17)(H,16,18). The number of amides is 2. The largest absolute Gasteiger partial charge is 0.369 e. The molecule has 0 bridgehead atoms. The molecule has 1 atom stereocenters. The molecule has 0 spiro atoms. The molecule has 0 radical (unpaired) electrons. The van der Waals surface area contributed by atoms with Crippen LogP contribution in [0.15, 0.2) is 24.3 Å². The summed E-state index contributed by atoms with van der Waals surface area (Å²) in [5.74, 6) is -0.531. The number of anilines is 1. The zero-order chi connectivity index (χ0) is 13.5. The number of para-hydroxylation sites is 1. The van der Waals surface area contributed by atoms with E-state index in [0.717, 1.165) is 5.56 Å². The van der Waals surface area contributed by atoms with Crippen molar-refractivity contribution >= 4 is 17.5 Å². The van der Waals surface area contributed by atoms with E-state index in [-0.39, 0.29) is 18.4 Å². The van der Waals surface area contributed by atoms with Crippen LogP contribution in [0.3, 0.4) is 0 Å². The molecular formula is C13H19N3O2. The van der Waals surface area contributed by atoms with Gasteiger partial charge in [-0.25, -0.2) is 0 Å². The summed E-state index contributed by atoms with van der Waals surface area (Å²) >= 11 is 0. The highest BCUT2D eigenvalue weighted by Crippen LogP contribution is 2.16. The van der Waals surface area contributed by atoms with Gasteiger partial charge in [0.1, 0.15) is 0 Å². The second-order valence-electron chi connectivity index (χ2n) is 4.36. The summed E-state index contributed by atoms with van der Waals surface area (Å²) in [6, 6.07) is 7.12. The predicted octanol–water partition coefficient (Wildman–Crippen LogP) is 0.780. The molecule has 1 rings (SSSR count). The number of carbonyl (C=O) groups excluding carboxylic acids is 2. The van der Waals surface area contributed by atoms with E-state index in [0.29, 0.717) is 18.5 Å². The molecule has 5 nitrogen and oxygen atoms in total. The number of primary amides is 1. The summed E-state index contributed by atoms with van der Waals surface area (Å²) in [4.78, 5) is 22.6. The summed E-state index contributed by atoms with van der Waals surface area (Å²) in [6.45, 7) is 1.86. The van der Waals surface area contributed by atoms with Crippen LogP contribution in [0.1, 0.15) is 25.3 Å². The number of carbonyl (C=O) groups is 2. The van der Waals surface area contributed by atoms with Gasteiger partial charge in [0, 0.05) is 18.2 Å². The van der Waals surface area contributed by atoms with Gasteiger partial charge in [-0.3, -0.25) is 9.59 Å². The maximum atomic E-state index is 11.7. The van der Waals surface area contributed by atoms with E-state index in [9.17, 15) is 9.59 Å². The van der Waals surface area contributed by atoms with Gasteiger partial charge in [-0.1, -0.05) is 18.2 Å². The fraction of sp³-hybridized carbons (Fsp3) is 0.385. The minimum Gasteiger partial charge on any atom is -0.369 e. The van der Waals surface area contributed by atoms with Gasteiger partial charge in [0.25, 0.3) is 0 Å². The van der Waals surface area contributed by atoms with Crippen LogP contribution in [0, 0.1) is 0 Å². The molecule has 0 aromatic heterocycles. The first-order valence-electron chi connectivity index (χ1n) is 5.90. The number of rotatable bonds is 6. The van der Waals surface area contributed by atoms with Gasteiger partial charge in [0.2, 0.25) is 11.8 Å². The van der Waals surface area contributed by atoms with E-state index in [1.165, 1.54) is 0 Å². The van der Waals surface area contributed by atoms with Crippen LogP contribution in [0.5, 0.6) is 0 Å². The van der Waals surface area contributed by atoms with Crippen molar-refractivity contribution in [1.82, 2.24) is 0 Å². The van der Waals surface area contributed by atoms with Gasteiger partial charge in [0.05, 0.1) is 6.42 Å². The van der Waals surface area contributed by atoms with Crippen molar-refractivity contribution in [1.29, 1.82) is 0 Å². The second kappa shape index (κ2) is 6.76. The Balaban J connectivity index is 2.65. The highest BCUT2D eigenvalue weighted by Gasteiger charge is 2.08. The highest BCUT2D eigenvalue weighted by molar-refractivity contribution is 5.92. The maximum Gasteiger partial charge on any atom is 0.224 e. The smallest absolute Gasteiger partial charge is 0.224 e. The maximum absolute atomic E-state index is 11.7. The second-order valence-corrected chi connectivity index (χ2v) is 4.36. The molecule has 0 fully saturated rings. The minimum absolute atomic E-state index is 0.00314. The minimum atomic E-state index is -0.424. The van der Waals surface area contributed by atoms with Crippen LogP contribution in [0.2, 0.25) is 0 Å². The van der Waals surface area contributed by atoms with Crippen molar-refractivity contribution in [3.05, 3.63) is 29.8 Å². The number of hydrogen-bond acceptors (Lipinski definition) is 3. The van der Waals surface area contributed by atoms with Gasteiger partial charge < -0.3 is 16.8 Å². The molecule has 0 aliphatic carbocycles. The topological polar surface area (TPSA) is 98.2 Å². The monoisotopic (exact) mass is 249 g/mol. The Morgan fingerprint density at radius 1 is 1.33 bits per heavy atom. The number of nitrogens with two attached hydrogens (primary N) is 2. The summed E-state index contributed by atoms with van der Waals surface area (Å²) < 4.78 is 0. The zero-order valence-corrected chi connectivity index (χ0v) is 10.5. The van der Waals surface area contributed by atoms with E-state index < -0.39 is 5.91 Å². The summed E-state index contributed by atoms with van der Waals surface area (Å²) in [6.07, 6.45) is 1.11. The lowest BCUT2D eigenvalue weighted by Gasteiger charge is -2.10. The number of hydrogen-bond donors (Lipinski definition) is 3. The van der Waals surface area contributed by atoms with E-state index in [1.807, 2.05) is 6.92 Å². The normalized spacial score (nSPS) is 11.9. The third-order valence-corrected chi connectivity index (χ3v) is 2.48. The number of nitrogens with one attached hydrogen (secondary N) is 1. The fourth-order valence-corrected chi connectivity index (χ4v) is 1.56. The zero-order valence-electron chi connectivity index (χ0n) is 10.5. The average molecular weight is 249 g/mol. The molecule has 0 heterocycles. The molecule has 18 heavy (non-hydrogen) atoms. The van der Waals surface area contributed by atoms with Crippen LogP contribution in [-0.2, 0) is 16.0 Å². The van der Waals surface area contributed by atoms with Crippen molar-refractivity contribution < 1.29 is 9.59 Å². The van der Waals surface area contributed by atoms with Gasteiger partial charge in [-0.2, -0.15) is 0 Å². The lowest BCUT2D eigenvalue weighted by atomic mass is 10.1. The Morgan fingerprint density at radius 2 is 2.00 bits per heavy atom. The van der Waals surface area contributed by atoms with Crippen LogP contribution >= 0.6 is 0 Å². The molecule has 1 aromatic rings. The van der Waals surface area contributed by atoms with Crippen LogP contribution in [-0.4, -0.2) is 17.9 Å². The Kier molecular flexibility index (Phi) is 5.32. The van der Waals surface area contributed by atoms with Crippen LogP contribution in [0.4, 0.5) is 5.69 Å². The quantitative estimate of drug-likeness (QED) is 0.694. The summed E-state index contributed by atoms with van der Waals surface area (Å²) in [5, 5.41) is 2.77. The Bertz CT molecular complexity index is 430. The molecule has 5 heteroatoms. The van der Waals surface area contributed by atoms with E-state index in [4.69, 9.17) is 11.5 Å². The molecule has 0 saturated carbocycles. The lowest BCUT2D eigenvalue weighted by molar-refractivity contribution is -0.118. The van der Waals surface area contributed by atoms with Gasteiger partial charge in [-0.15, -0.1) is 0 Å². The summed E-state index contributed by atoms with van der Waals surface area (Å²) in [5.41, 5.74) is 12.1. The van der Waals surface area contributed by atoms with Crippen molar-refractivity contribution in [2.45, 2.75) is 32.2 Å². The first kappa shape index (κ1) is 14.2. The molecule has 98 valence electrons. The first-order valence-corrected chi connectivity index (χ1v) is 5.90. The van der Waals surface area contributed by atoms with Gasteiger partial charge >= 0.3 is 0 Å². The van der Waals surface area contributed by atoms with Crippen molar-refractivity contribution in [3.63, 3.8) is 0 Å². The molecule has 2 amide bonds. The molecule has 0 aliphatic heterocycles. The molecule has 0 aliphatic rings. The molecule has 0 saturated heterocycles. The average Bonchev–Trinajstić information content (AvgIpc) is 2.28. The van der Waals surface area contributed by atoms with Crippen molar-refractivity contribution in [2.24, 2.45) is 11.5 Å². The van der Waals surface area contributed by atoms with Gasteiger partial charge in [-0.05, 0) is 25.0 Å². The molecular weight excluding hydrogens is 230 g/mol. The van der Waals surface area contributed by atoms with Gasteiger partial charge in [0.15, 0.2) is 0 Å². The molecule has 5 N–H and O–H groups in total. The Morgan fingerprint density at radius 3 is 2.61 bits per heavy atom. The summed E-state index contributed by atoms with van der Waals surface area (Å²) in [7, 11) is 0. The van der Waals surface area contributed by atoms with Crippen LogP contribution < -0.4 is 16.8 Å². The van der Waals surface area contributed by atoms with E-state index in [2.05, 4.69) is 5.32 Å². The van der Waals surface area contributed by atoms with Crippen LogP contribution in [0.25, 0.3) is 0 Å². The van der Waals surface area contributed by atoms with Crippen molar-refractivity contribution in [3.8, 4) is 0 Å². The lowest BCUT2D eigenvalue weighted by Crippen LogP contribution is -2.20. The van der Waals surface area contributed by atoms with Crippen molar-refractivity contribution in [2.75, 3.05) is 5.32 Å².